The quantitative estimate of drug-likeness (QED) is 0.928. The standard InChI is InChI=1S/C13H19F3N2O2S/c1-8(2)9-6-10(13(14,15)16)11(17-7-9)21(19,20)18-12(3,4)5/h6-8,18H,1-5H3. The van der Waals surface area contributed by atoms with Crippen LogP contribution in [0.5, 0.6) is 0 Å². The number of alkyl halides is 3. The number of pyridine rings is 1. The molecule has 0 atom stereocenters. The van der Waals surface area contributed by atoms with E-state index in [2.05, 4.69) is 9.71 Å². The predicted octanol–water partition coefficient (Wildman–Crippen LogP) is 3.30. The Bertz CT molecular complexity index is 617. The number of nitrogens with one attached hydrogen (secondary N) is 1. The Morgan fingerprint density at radius 1 is 1.19 bits per heavy atom. The SMILES string of the molecule is CC(C)c1cnc(S(=O)(=O)NC(C)(C)C)c(C(F)(F)F)c1. The smallest absolute Gasteiger partial charge is 0.243 e. The maximum atomic E-state index is 13.1. The van der Waals surface area contributed by atoms with Crippen LogP contribution in [0.4, 0.5) is 13.2 Å². The summed E-state index contributed by atoms with van der Waals surface area (Å²) in [5.74, 6) is -0.189. The summed E-state index contributed by atoms with van der Waals surface area (Å²) in [6, 6.07) is 0.842. The van der Waals surface area contributed by atoms with Gasteiger partial charge in [-0.1, -0.05) is 13.8 Å². The second-order valence-corrected chi connectivity index (χ2v) is 7.73. The molecule has 0 bridgehead atoms. The van der Waals surface area contributed by atoms with Crippen molar-refractivity contribution >= 4 is 10.0 Å². The topological polar surface area (TPSA) is 59.1 Å². The van der Waals surface area contributed by atoms with Crippen LogP contribution in [-0.4, -0.2) is 18.9 Å². The fourth-order valence-electron chi connectivity index (χ4n) is 1.65. The monoisotopic (exact) mass is 324 g/mol. The molecule has 1 N–H and O–H groups in total. The molecule has 1 aromatic rings. The first kappa shape index (κ1) is 17.9. The lowest BCUT2D eigenvalue weighted by Gasteiger charge is -2.22. The average molecular weight is 324 g/mol. The van der Waals surface area contributed by atoms with Crippen LogP contribution < -0.4 is 4.72 Å². The normalized spacial score (nSPS) is 13.8. The summed E-state index contributed by atoms with van der Waals surface area (Å²) in [6.07, 6.45) is -3.63. The van der Waals surface area contributed by atoms with E-state index in [1.165, 1.54) is 0 Å². The Labute approximate surface area is 122 Å². The lowest BCUT2D eigenvalue weighted by atomic mass is 10.0. The molecule has 8 heteroatoms. The summed E-state index contributed by atoms with van der Waals surface area (Å²) in [5, 5.41) is -0.991. The lowest BCUT2D eigenvalue weighted by molar-refractivity contribution is -0.140. The van der Waals surface area contributed by atoms with Gasteiger partial charge in [-0.05, 0) is 38.3 Å². The van der Waals surface area contributed by atoms with E-state index >= 15 is 0 Å². The molecule has 0 saturated heterocycles. The lowest BCUT2D eigenvalue weighted by Crippen LogP contribution is -2.41. The zero-order valence-electron chi connectivity index (χ0n) is 12.5. The van der Waals surface area contributed by atoms with Crippen molar-refractivity contribution in [2.75, 3.05) is 0 Å². The number of rotatable bonds is 3. The maximum Gasteiger partial charge on any atom is 0.419 e. The summed E-state index contributed by atoms with van der Waals surface area (Å²) < 4.78 is 65.8. The number of sulfonamides is 1. The van der Waals surface area contributed by atoms with Gasteiger partial charge in [0.25, 0.3) is 10.0 Å². The van der Waals surface area contributed by atoms with E-state index in [0.29, 0.717) is 5.56 Å². The van der Waals surface area contributed by atoms with Crippen LogP contribution in [0.15, 0.2) is 17.3 Å². The van der Waals surface area contributed by atoms with Crippen LogP contribution in [0.2, 0.25) is 0 Å². The molecule has 0 spiro atoms. The Hall–Kier alpha value is -1.15. The van der Waals surface area contributed by atoms with E-state index < -0.39 is 32.3 Å². The minimum Gasteiger partial charge on any atom is -0.243 e. The van der Waals surface area contributed by atoms with Crippen molar-refractivity contribution < 1.29 is 21.6 Å². The van der Waals surface area contributed by atoms with Crippen molar-refractivity contribution in [1.29, 1.82) is 0 Å². The van der Waals surface area contributed by atoms with Gasteiger partial charge in [0, 0.05) is 11.7 Å². The Kier molecular flexibility index (Phi) is 4.74. The van der Waals surface area contributed by atoms with Gasteiger partial charge >= 0.3 is 6.18 Å². The number of hydrogen-bond donors (Lipinski definition) is 1. The molecule has 21 heavy (non-hydrogen) atoms. The van der Waals surface area contributed by atoms with Crippen LogP contribution in [-0.2, 0) is 16.2 Å². The van der Waals surface area contributed by atoms with Crippen LogP contribution in [0.3, 0.4) is 0 Å². The summed E-state index contributed by atoms with van der Waals surface area (Å²) >= 11 is 0. The highest BCUT2D eigenvalue weighted by Gasteiger charge is 2.39. The number of hydrogen-bond acceptors (Lipinski definition) is 3. The van der Waals surface area contributed by atoms with E-state index in [0.717, 1.165) is 12.3 Å². The zero-order chi connectivity index (χ0) is 16.6. The Balaban J connectivity index is 3.50. The van der Waals surface area contributed by atoms with Crippen LogP contribution >= 0.6 is 0 Å². The van der Waals surface area contributed by atoms with Crippen molar-refractivity contribution in [2.45, 2.75) is 57.3 Å². The predicted molar refractivity (Wildman–Crippen MR) is 73.4 cm³/mol. The van der Waals surface area contributed by atoms with E-state index in [-0.39, 0.29) is 5.92 Å². The largest absolute Gasteiger partial charge is 0.419 e. The summed E-state index contributed by atoms with van der Waals surface area (Å²) in [4.78, 5) is 3.55. The average Bonchev–Trinajstić information content (AvgIpc) is 2.23. The van der Waals surface area contributed by atoms with Gasteiger partial charge < -0.3 is 0 Å². The zero-order valence-corrected chi connectivity index (χ0v) is 13.4. The molecule has 1 rings (SSSR count). The highest BCUT2D eigenvalue weighted by atomic mass is 32.2. The molecular formula is C13H19F3N2O2S. The van der Waals surface area contributed by atoms with Gasteiger partial charge in [0.2, 0.25) is 0 Å². The number of aromatic nitrogens is 1. The number of nitrogens with zero attached hydrogens (tertiary/aromatic N) is 1. The minimum atomic E-state index is -4.79. The second-order valence-electron chi connectivity index (χ2n) is 6.13. The fourth-order valence-corrected chi connectivity index (χ4v) is 3.21. The molecule has 0 aliphatic carbocycles. The fraction of sp³-hybridized carbons (Fsp3) is 0.615. The van der Waals surface area contributed by atoms with Crippen LogP contribution in [0, 0.1) is 0 Å². The summed E-state index contributed by atoms with van der Waals surface area (Å²) in [7, 11) is -4.36. The number of halogens is 3. The molecular weight excluding hydrogens is 305 g/mol. The third-order valence-corrected chi connectivity index (χ3v) is 4.25. The summed E-state index contributed by atoms with van der Waals surface area (Å²) in [6.45, 7) is 8.04. The highest BCUT2D eigenvalue weighted by molar-refractivity contribution is 7.89. The van der Waals surface area contributed by atoms with Gasteiger partial charge in [-0.3, -0.25) is 0 Å². The Morgan fingerprint density at radius 3 is 2.10 bits per heavy atom. The van der Waals surface area contributed by atoms with E-state index in [1.54, 1.807) is 34.6 Å². The third kappa shape index (κ3) is 4.67. The molecule has 0 unspecified atom stereocenters. The van der Waals surface area contributed by atoms with Gasteiger partial charge in [-0.15, -0.1) is 0 Å². The molecule has 0 radical (unpaired) electrons. The minimum absolute atomic E-state index is 0.189. The van der Waals surface area contributed by atoms with Crippen molar-refractivity contribution in [3.05, 3.63) is 23.4 Å². The molecule has 0 saturated carbocycles. The highest BCUT2D eigenvalue weighted by Crippen LogP contribution is 2.35. The van der Waals surface area contributed by atoms with Gasteiger partial charge in [-0.25, -0.2) is 18.1 Å². The second kappa shape index (κ2) is 5.57. The van der Waals surface area contributed by atoms with Gasteiger partial charge in [0.15, 0.2) is 5.03 Å². The molecule has 120 valence electrons. The van der Waals surface area contributed by atoms with Crippen LogP contribution in [0.25, 0.3) is 0 Å². The van der Waals surface area contributed by atoms with E-state index in [4.69, 9.17) is 0 Å². The molecule has 0 aliphatic heterocycles. The van der Waals surface area contributed by atoms with Crippen molar-refractivity contribution in [1.82, 2.24) is 9.71 Å². The molecule has 0 amide bonds. The third-order valence-electron chi connectivity index (χ3n) is 2.54. The molecule has 1 heterocycles. The molecule has 1 aromatic heterocycles. The van der Waals surface area contributed by atoms with Crippen molar-refractivity contribution in [3.63, 3.8) is 0 Å². The van der Waals surface area contributed by atoms with Crippen molar-refractivity contribution in [2.24, 2.45) is 0 Å². The molecule has 4 nitrogen and oxygen atoms in total. The molecule has 0 aromatic carbocycles. The Morgan fingerprint density at radius 2 is 1.71 bits per heavy atom. The van der Waals surface area contributed by atoms with Crippen LogP contribution in [0.1, 0.15) is 51.7 Å². The van der Waals surface area contributed by atoms with Gasteiger partial charge in [0.1, 0.15) is 0 Å². The molecule has 0 fully saturated rings. The first-order valence-corrected chi connectivity index (χ1v) is 7.83. The first-order valence-electron chi connectivity index (χ1n) is 6.35. The van der Waals surface area contributed by atoms with Gasteiger partial charge in [0.05, 0.1) is 5.56 Å². The van der Waals surface area contributed by atoms with E-state index in [9.17, 15) is 21.6 Å². The molecule has 0 aliphatic rings. The van der Waals surface area contributed by atoms with E-state index in [1.807, 2.05) is 0 Å². The first-order chi connectivity index (χ1) is 9.24. The van der Waals surface area contributed by atoms with Crippen molar-refractivity contribution in [3.8, 4) is 0 Å². The summed E-state index contributed by atoms with van der Waals surface area (Å²) in [5.41, 5.74) is -1.82. The van der Waals surface area contributed by atoms with Gasteiger partial charge in [-0.2, -0.15) is 13.2 Å². The maximum absolute atomic E-state index is 13.1.